The summed E-state index contributed by atoms with van der Waals surface area (Å²) < 4.78 is 17.4. The lowest BCUT2D eigenvalue weighted by Crippen LogP contribution is -2.29. The van der Waals surface area contributed by atoms with Crippen LogP contribution in [-0.4, -0.2) is 35.4 Å². The summed E-state index contributed by atoms with van der Waals surface area (Å²) in [4.78, 5) is 17.7. The SMILES string of the molecule is COc1ccc(N2C(=S)N[C@@H](c3ccccn3)[C@H]2c2ccc(-c3ccc(C(=O)O)cc3)o2)c(OC)c1. The number of nitrogens with one attached hydrogen (secondary N) is 1. The molecule has 5 rings (SSSR count). The molecule has 4 aromatic rings. The molecule has 9 heteroatoms. The van der Waals surface area contributed by atoms with Gasteiger partial charge < -0.3 is 29.2 Å². The molecule has 1 saturated heterocycles. The van der Waals surface area contributed by atoms with Crippen LogP contribution in [0.2, 0.25) is 0 Å². The first kappa shape index (κ1) is 23.4. The van der Waals surface area contributed by atoms with E-state index in [0.29, 0.717) is 28.1 Å². The van der Waals surface area contributed by atoms with E-state index in [-0.39, 0.29) is 17.6 Å². The molecule has 2 aromatic carbocycles. The molecule has 0 saturated carbocycles. The van der Waals surface area contributed by atoms with Gasteiger partial charge in [-0.3, -0.25) is 4.98 Å². The third kappa shape index (κ3) is 4.25. The number of pyridine rings is 1. The van der Waals surface area contributed by atoms with Gasteiger partial charge in [0.1, 0.15) is 29.1 Å². The monoisotopic (exact) mass is 501 g/mol. The molecular formula is C27H23N3O5S. The maximum absolute atomic E-state index is 11.2. The van der Waals surface area contributed by atoms with E-state index in [4.69, 9.17) is 26.1 Å². The summed E-state index contributed by atoms with van der Waals surface area (Å²) in [6.45, 7) is 0. The number of rotatable bonds is 7. The second-order valence-electron chi connectivity index (χ2n) is 8.12. The second-order valence-corrected chi connectivity index (χ2v) is 8.51. The molecule has 0 amide bonds. The van der Waals surface area contributed by atoms with Gasteiger partial charge in [-0.2, -0.15) is 0 Å². The lowest BCUT2D eigenvalue weighted by molar-refractivity contribution is 0.0697. The smallest absolute Gasteiger partial charge is 0.335 e. The average molecular weight is 502 g/mol. The number of nitrogens with zero attached hydrogens (tertiary/aromatic N) is 2. The molecular weight excluding hydrogens is 478 g/mol. The van der Waals surface area contributed by atoms with Crippen LogP contribution < -0.4 is 19.7 Å². The predicted molar refractivity (Wildman–Crippen MR) is 139 cm³/mol. The minimum absolute atomic E-state index is 0.212. The van der Waals surface area contributed by atoms with Crippen molar-refractivity contribution >= 4 is 29.0 Å². The number of carbonyl (C=O) groups is 1. The molecule has 0 aliphatic carbocycles. The molecule has 3 heterocycles. The Hall–Kier alpha value is -4.37. The largest absolute Gasteiger partial charge is 0.497 e. The highest BCUT2D eigenvalue weighted by atomic mass is 32.1. The maximum Gasteiger partial charge on any atom is 0.335 e. The third-order valence-corrected chi connectivity index (χ3v) is 6.39. The average Bonchev–Trinajstić information content (AvgIpc) is 3.53. The Labute approximate surface area is 213 Å². The number of ether oxygens (including phenoxy) is 2. The van der Waals surface area contributed by atoms with Crippen molar-refractivity contribution in [1.29, 1.82) is 0 Å². The highest BCUT2D eigenvalue weighted by Gasteiger charge is 2.43. The molecule has 8 nitrogen and oxygen atoms in total. The summed E-state index contributed by atoms with van der Waals surface area (Å²) in [6.07, 6.45) is 1.74. The topological polar surface area (TPSA) is 97.1 Å². The Kier molecular flexibility index (Phi) is 6.30. The molecule has 182 valence electrons. The van der Waals surface area contributed by atoms with E-state index >= 15 is 0 Å². The predicted octanol–water partition coefficient (Wildman–Crippen LogP) is 5.23. The molecule has 0 bridgehead atoms. The van der Waals surface area contributed by atoms with Crippen molar-refractivity contribution in [2.45, 2.75) is 12.1 Å². The quantitative estimate of drug-likeness (QED) is 0.330. The molecule has 36 heavy (non-hydrogen) atoms. The van der Waals surface area contributed by atoms with E-state index in [1.165, 1.54) is 0 Å². The number of benzene rings is 2. The van der Waals surface area contributed by atoms with E-state index < -0.39 is 5.97 Å². The van der Waals surface area contributed by atoms with Gasteiger partial charge in [0.2, 0.25) is 0 Å². The fraction of sp³-hybridized carbons (Fsp3) is 0.148. The molecule has 1 aliphatic heterocycles. The fourth-order valence-electron chi connectivity index (χ4n) is 4.33. The molecule has 2 N–H and O–H groups in total. The standard InChI is InChI=1S/C27H23N3O5S/c1-33-18-10-11-20(23(15-18)34-2)30-25(24(29-27(30)36)19-5-3-4-14-28-19)22-13-12-21(35-22)16-6-8-17(9-7-16)26(31)32/h3-15,24-25H,1-2H3,(H,29,36)(H,31,32)/t24-,25+/m0/s1. The number of carboxylic acid groups (broad SMARTS) is 1. The number of hydrogen-bond donors (Lipinski definition) is 2. The number of anilines is 1. The zero-order valence-corrected chi connectivity index (χ0v) is 20.4. The zero-order chi connectivity index (χ0) is 25.2. The van der Waals surface area contributed by atoms with Gasteiger partial charge in [0, 0.05) is 17.8 Å². The van der Waals surface area contributed by atoms with Crippen molar-refractivity contribution in [3.8, 4) is 22.8 Å². The van der Waals surface area contributed by atoms with Crippen molar-refractivity contribution in [2.75, 3.05) is 19.1 Å². The van der Waals surface area contributed by atoms with Crippen LogP contribution in [0, 0.1) is 0 Å². The molecule has 2 aromatic heterocycles. The van der Waals surface area contributed by atoms with Gasteiger partial charge in [-0.05, 0) is 60.7 Å². The van der Waals surface area contributed by atoms with Crippen molar-refractivity contribution in [3.63, 3.8) is 0 Å². The molecule has 2 atom stereocenters. The summed E-state index contributed by atoms with van der Waals surface area (Å²) >= 11 is 5.79. The van der Waals surface area contributed by atoms with E-state index in [1.54, 1.807) is 50.7 Å². The number of methoxy groups -OCH3 is 2. The van der Waals surface area contributed by atoms with E-state index in [9.17, 15) is 9.90 Å². The van der Waals surface area contributed by atoms with E-state index in [2.05, 4.69) is 10.3 Å². The molecule has 0 spiro atoms. The number of hydrogen-bond acceptors (Lipinski definition) is 6. The number of carboxylic acids is 1. The number of aromatic nitrogens is 1. The number of thiocarbonyl (C=S) groups is 1. The highest BCUT2D eigenvalue weighted by Crippen LogP contribution is 2.46. The van der Waals surface area contributed by atoms with E-state index in [0.717, 1.165) is 16.9 Å². The summed E-state index contributed by atoms with van der Waals surface area (Å²) in [5.41, 5.74) is 2.54. The summed E-state index contributed by atoms with van der Waals surface area (Å²) in [7, 11) is 3.20. The van der Waals surface area contributed by atoms with Gasteiger partial charge in [0.25, 0.3) is 0 Å². The highest BCUT2D eigenvalue weighted by molar-refractivity contribution is 7.80. The Morgan fingerprint density at radius 3 is 2.53 bits per heavy atom. The van der Waals surface area contributed by atoms with Crippen molar-refractivity contribution in [2.24, 2.45) is 0 Å². The van der Waals surface area contributed by atoms with Crippen LogP contribution in [0.3, 0.4) is 0 Å². The minimum Gasteiger partial charge on any atom is -0.497 e. The van der Waals surface area contributed by atoms with E-state index in [1.807, 2.05) is 47.4 Å². The van der Waals surface area contributed by atoms with Crippen molar-refractivity contribution < 1.29 is 23.8 Å². The second kappa shape index (κ2) is 9.71. The molecule has 0 unspecified atom stereocenters. The summed E-state index contributed by atoms with van der Waals surface area (Å²) in [5, 5.41) is 13.1. The summed E-state index contributed by atoms with van der Waals surface area (Å²) in [6, 6.07) is 20.9. The van der Waals surface area contributed by atoms with Crippen LogP contribution in [-0.2, 0) is 0 Å². The third-order valence-electron chi connectivity index (χ3n) is 6.08. The normalized spacial score (nSPS) is 17.1. The van der Waals surface area contributed by atoms with Crippen LogP contribution in [0.1, 0.15) is 33.9 Å². The fourth-order valence-corrected chi connectivity index (χ4v) is 4.67. The van der Waals surface area contributed by atoms with Gasteiger partial charge in [-0.25, -0.2) is 4.79 Å². The first-order valence-electron chi connectivity index (χ1n) is 11.2. The molecule has 0 radical (unpaired) electrons. The molecule has 1 fully saturated rings. The van der Waals surface area contributed by atoms with Gasteiger partial charge in [-0.1, -0.05) is 18.2 Å². The minimum atomic E-state index is -0.977. The zero-order valence-electron chi connectivity index (χ0n) is 19.5. The van der Waals surface area contributed by atoms with Gasteiger partial charge >= 0.3 is 5.97 Å². The van der Waals surface area contributed by atoms with Crippen molar-refractivity contribution in [1.82, 2.24) is 10.3 Å². The maximum atomic E-state index is 11.2. The van der Waals surface area contributed by atoms with Crippen molar-refractivity contribution in [3.05, 3.63) is 96.0 Å². The Balaban J connectivity index is 1.59. The number of aromatic carboxylic acids is 1. The Bertz CT molecular complexity index is 1400. The summed E-state index contributed by atoms with van der Waals surface area (Å²) in [5.74, 6) is 1.56. The van der Waals surface area contributed by atoms with Gasteiger partial charge in [-0.15, -0.1) is 0 Å². The van der Waals surface area contributed by atoms with Gasteiger partial charge in [0.15, 0.2) is 5.11 Å². The Morgan fingerprint density at radius 1 is 1.06 bits per heavy atom. The molecule has 1 aliphatic rings. The first-order valence-corrected chi connectivity index (χ1v) is 11.6. The van der Waals surface area contributed by atoms with Gasteiger partial charge in [0.05, 0.1) is 37.2 Å². The first-order chi connectivity index (χ1) is 17.5. The van der Waals surface area contributed by atoms with Crippen LogP contribution >= 0.6 is 12.2 Å². The lowest BCUT2D eigenvalue weighted by atomic mass is 10.0. The van der Waals surface area contributed by atoms with Crippen LogP contribution in [0.15, 0.2) is 83.4 Å². The van der Waals surface area contributed by atoms with Crippen LogP contribution in [0.5, 0.6) is 11.5 Å². The Morgan fingerprint density at radius 2 is 1.86 bits per heavy atom. The number of furan rings is 1. The lowest BCUT2D eigenvalue weighted by Gasteiger charge is -2.27. The van der Waals surface area contributed by atoms with Crippen LogP contribution in [0.4, 0.5) is 5.69 Å². The van der Waals surface area contributed by atoms with Crippen LogP contribution in [0.25, 0.3) is 11.3 Å².